The third-order valence-electron chi connectivity index (χ3n) is 4.09. The molecule has 0 atom stereocenters. The number of hydrogen-bond acceptors (Lipinski definition) is 1. The van der Waals surface area contributed by atoms with Gasteiger partial charge in [0.2, 0.25) is 0 Å². The molecule has 0 aliphatic heterocycles. The molecular weight excluding hydrogens is 267 g/mol. The van der Waals surface area contributed by atoms with Crippen molar-refractivity contribution in [3.05, 3.63) is 0 Å². The van der Waals surface area contributed by atoms with Gasteiger partial charge in [-0.3, -0.25) is 0 Å². The van der Waals surface area contributed by atoms with Gasteiger partial charge in [-0.25, -0.2) is 0 Å². The summed E-state index contributed by atoms with van der Waals surface area (Å²) in [6.07, 6.45) is 9.90. The van der Waals surface area contributed by atoms with Gasteiger partial charge >= 0.3 is 112 Å². The number of unbranched alkanes of at least 4 members (excludes halogenated alkanes) is 3. The van der Waals surface area contributed by atoms with E-state index in [4.69, 9.17) is 5.73 Å². The zero-order valence-electron chi connectivity index (χ0n) is 12.6. The SMILES string of the molecule is CCC[CH2][Ge]([CH2]CCC)([CH2]CCC)[CH2]CCN. The van der Waals surface area contributed by atoms with Crippen LogP contribution in [0.2, 0.25) is 21.0 Å². The fourth-order valence-electron chi connectivity index (χ4n) is 2.88. The molecule has 0 saturated heterocycles. The van der Waals surface area contributed by atoms with Gasteiger partial charge in [0.25, 0.3) is 0 Å². The summed E-state index contributed by atoms with van der Waals surface area (Å²) < 4.78 is 0. The number of nitrogens with two attached hydrogens (primary N) is 1. The third-order valence-corrected chi connectivity index (χ3v) is 16.0. The Morgan fingerprint density at radius 2 is 1.00 bits per heavy atom. The van der Waals surface area contributed by atoms with Gasteiger partial charge in [-0.2, -0.15) is 0 Å². The average Bonchev–Trinajstić information content (AvgIpc) is 2.37. The summed E-state index contributed by atoms with van der Waals surface area (Å²) in [4.78, 5) is 0. The zero-order valence-corrected chi connectivity index (χ0v) is 14.7. The molecule has 0 saturated carbocycles. The molecular formula is C15H35GeN. The van der Waals surface area contributed by atoms with E-state index in [1.807, 2.05) is 0 Å². The summed E-state index contributed by atoms with van der Waals surface area (Å²) in [5.41, 5.74) is 5.75. The van der Waals surface area contributed by atoms with E-state index in [1.165, 1.54) is 44.9 Å². The summed E-state index contributed by atoms with van der Waals surface area (Å²) in [7, 11) is 0. The molecule has 0 bridgehead atoms. The van der Waals surface area contributed by atoms with Crippen LogP contribution in [0.25, 0.3) is 0 Å². The second-order valence-electron chi connectivity index (χ2n) is 5.70. The van der Waals surface area contributed by atoms with E-state index in [9.17, 15) is 0 Å². The van der Waals surface area contributed by atoms with E-state index in [0.29, 0.717) is 0 Å². The van der Waals surface area contributed by atoms with Crippen LogP contribution in [0.1, 0.15) is 65.7 Å². The zero-order chi connectivity index (χ0) is 13.0. The van der Waals surface area contributed by atoms with E-state index >= 15 is 0 Å². The summed E-state index contributed by atoms with van der Waals surface area (Å²) >= 11 is -1.51. The summed E-state index contributed by atoms with van der Waals surface area (Å²) in [6.45, 7) is 7.94. The van der Waals surface area contributed by atoms with Gasteiger partial charge in [0.1, 0.15) is 0 Å². The Hall–Kier alpha value is 0.503. The van der Waals surface area contributed by atoms with Crippen LogP contribution in [0.4, 0.5) is 0 Å². The molecule has 17 heavy (non-hydrogen) atoms. The Morgan fingerprint density at radius 3 is 1.29 bits per heavy atom. The van der Waals surface area contributed by atoms with Crippen LogP contribution in [-0.2, 0) is 0 Å². The van der Waals surface area contributed by atoms with Gasteiger partial charge in [-0.05, 0) is 0 Å². The Bertz CT molecular complexity index is 121. The molecule has 0 heterocycles. The molecule has 104 valence electrons. The number of hydrogen-bond donors (Lipinski definition) is 1. The van der Waals surface area contributed by atoms with Gasteiger partial charge in [0, 0.05) is 0 Å². The van der Waals surface area contributed by atoms with Crippen LogP contribution in [0, 0.1) is 0 Å². The molecule has 0 aliphatic rings. The van der Waals surface area contributed by atoms with E-state index in [0.717, 1.165) is 6.54 Å². The second kappa shape index (κ2) is 11.6. The maximum absolute atomic E-state index is 5.75. The molecule has 0 aliphatic carbocycles. The first-order valence-electron chi connectivity index (χ1n) is 7.94. The standard InChI is InChI=1S/C15H35GeN/c1-4-7-11-16(12-8-5-2,13-9-6-3)14-10-15-17/h4-15,17H2,1-3H3. The second-order valence-corrected chi connectivity index (χ2v) is 16.2. The van der Waals surface area contributed by atoms with Crippen LogP contribution >= 0.6 is 0 Å². The summed E-state index contributed by atoms with van der Waals surface area (Å²) in [6, 6.07) is 0. The van der Waals surface area contributed by atoms with Gasteiger partial charge < -0.3 is 0 Å². The first kappa shape index (κ1) is 17.5. The first-order valence-corrected chi connectivity index (χ1v) is 13.9. The van der Waals surface area contributed by atoms with Crippen molar-refractivity contribution in [1.29, 1.82) is 0 Å². The van der Waals surface area contributed by atoms with E-state index in [2.05, 4.69) is 20.8 Å². The fraction of sp³-hybridized carbons (Fsp3) is 1.00. The average molecular weight is 302 g/mol. The minimum atomic E-state index is -1.51. The normalized spacial score (nSPS) is 12.0. The van der Waals surface area contributed by atoms with Gasteiger partial charge in [-0.15, -0.1) is 0 Å². The fourth-order valence-corrected chi connectivity index (χ4v) is 15.0. The van der Waals surface area contributed by atoms with E-state index < -0.39 is 13.3 Å². The number of rotatable bonds is 12. The molecule has 0 amide bonds. The Kier molecular flexibility index (Phi) is 11.9. The van der Waals surface area contributed by atoms with Crippen molar-refractivity contribution in [2.75, 3.05) is 6.54 Å². The molecule has 2 heteroatoms. The summed E-state index contributed by atoms with van der Waals surface area (Å²) in [5.74, 6) is 0. The van der Waals surface area contributed by atoms with Gasteiger partial charge in [0.15, 0.2) is 0 Å². The Labute approximate surface area is 112 Å². The molecule has 0 rings (SSSR count). The molecule has 0 aromatic heterocycles. The molecule has 0 aromatic carbocycles. The Morgan fingerprint density at radius 1 is 0.647 bits per heavy atom. The van der Waals surface area contributed by atoms with Crippen LogP contribution in [0.3, 0.4) is 0 Å². The summed E-state index contributed by atoms with van der Waals surface area (Å²) in [5, 5.41) is 6.42. The van der Waals surface area contributed by atoms with E-state index in [-0.39, 0.29) is 0 Å². The molecule has 0 radical (unpaired) electrons. The first-order chi connectivity index (χ1) is 8.24. The van der Waals surface area contributed by atoms with E-state index in [1.54, 1.807) is 21.0 Å². The maximum atomic E-state index is 5.75. The third kappa shape index (κ3) is 8.26. The van der Waals surface area contributed by atoms with Crippen molar-refractivity contribution in [1.82, 2.24) is 0 Å². The molecule has 0 fully saturated rings. The van der Waals surface area contributed by atoms with Gasteiger partial charge in [-0.1, -0.05) is 0 Å². The molecule has 2 N–H and O–H groups in total. The van der Waals surface area contributed by atoms with Crippen molar-refractivity contribution in [3.8, 4) is 0 Å². The quantitative estimate of drug-likeness (QED) is 0.494. The van der Waals surface area contributed by atoms with Crippen molar-refractivity contribution in [2.45, 2.75) is 86.7 Å². The topological polar surface area (TPSA) is 26.0 Å². The van der Waals surface area contributed by atoms with Crippen LogP contribution in [-0.4, -0.2) is 19.8 Å². The predicted octanol–water partition coefficient (Wildman–Crippen LogP) is 5.18. The predicted molar refractivity (Wildman–Crippen MR) is 83.4 cm³/mol. The van der Waals surface area contributed by atoms with Crippen LogP contribution < -0.4 is 5.73 Å². The van der Waals surface area contributed by atoms with Gasteiger partial charge in [0.05, 0.1) is 0 Å². The molecule has 0 aromatic rings. The molecule has 0 unspecified atom stereocenters. The monoisotopic (exact) mass is 303 g/mol. The van der Waals surface area contributed by atoms with Crippen molar-refractivity contribution >= 4 is 13.3 Å². The van der Waals surface area contributed by atoms with Crippen LogP contribution in [0.15, 0.2) is 0 Å². The molecule has 1 nitrogen and oxygen atoms in total. The van der Waals surface area contributed by atoms with Crippen molar-refractivity contribution in [3.63, 3.8) is 0 Å². The van der Waals surface area contributed by atoms with Crippen molar-refractivity contribution < 1.29 is 0 Å². The minimum absolute atomic E-state index is 0.914. The van der Waals surface area contributed by atoms with Crippen molar-refractivity contribution in [2.24, 2.45) is 5.73 Å². The van der Waals surface area contributed by atoms with Crippen LogP contribution in [0.5, 0.6) is 0 Å². The molecule has 0 spiro atoms. The Balaban J connectivity index is 4.39.